The molecule has 2 heterocycles. The summed E-state index contributed by atoms with van der Waals surface area (Å²) >= 11 is 0. The first kappa shape index (κ1) is 17.7. The van der Waals surface area contributed by atoms with Crippen LogP contribution in [-0.2, 0) is 20.9 Å². The van der Waals surface area contributed by atoms with Gasteiger partial charge >= 0.3 is 5.97 Å². The van der Waals surface area contributed by atoms with Crippen molar-refractivity contribution in [2.75, 3.05) is 7.11 Å². The highest BCUT2D eigenvalue weighted by atomic mass is 16.5. The summed E-state index contributed by atoms with van der Waals surface area (Å²) in [6.07, 6.45) is 3.49. The topological polar surface area (TPSA) is 77.5 Å². The number of carbonyl (C=O) groups excluding carboxylic acids is 2. The summed E-state index contributed by atoms with van der Waals surface area (Å²) in [7, 11) is 1.57. The SMILES string of the molecule is COc1ccccc1COC(=O)C1=C(C)NC(=O)CC1c1ccncc1. The van der Waals surface area contributed by atoms with Crippen molar-refractivity contribution in [1.82, 2.24) is 10.3 Å². The Bertz CT molecular complexity index is 846. The number of nitrogens with zero attached hydrogens (tertiary/aromatic N) is 1. The maximum Gasteiger partial charge on any atom is 0.336 e. The number of amides is 1. The molecule has 1 N–H and O–H groups in total. The molecule has 0 spiro atoms. The standard InChI is InChI=1S/C20H20N2O4/c1-13-19(16(11-18(23)22-13)14-7-9-21-10-8-14)20(24)26-12-15-5-3-4-6-17(15)25-2/h3-10,16H,11-12H2,1-2H3,(H,22,23). The van der Waals surface area contributed by atoms with Crippen molar-refractivity contribution in [2.45, 2.75) is 25.9 Å². The van der Waals surface area contributed by atoms with Crippen LogP contribution in [0, 0.1) is 0 Å². The Hall–Kier alpha value is -3.15. The molecule has 6 heteroatoms. The number of esters is 1. The number of rotatable bonds is 5. The van der Waals surface area contributed by atoms with Gasteiger partial charge in [0.1, 0.15) is 12.4 Å². The largest absolute Gasteiger partial charge is 0.496 e. The monoisotopic (exact) mass is 352 g/mol. The molecule has 1 amide bonds. The van der Waals surface area contributed by atoms with Gasteiger partial charge in [0, 0.05) is 36.0 Å². The van der Waals surface area contributed by atoms with Gasteiger partial charge in [-0.15, -0.1) is 0 Å². The number of nitrogens with one attached hydrogen (secondary N) is 1. The second-order valence-corrected chi connectivity index (χ2v) is 6.01. The number of hydrogen-bond donors (Lipinski definition) is 1. The first-order valence-corrected chi connectivity index (χ1v) is 8.29. The van der Waals surface area contributed by atoms with E-state index in [0.29, 0.717) is 17.0 Å². The van der Waals surface area contributed by atoms with E-state index in [9.17, 15) is 9.59 Å². The minimum atomic E-state index is -0.449. The van der Waals surface area contributed by atoms with Crippen LogP contribution in [0.3, 0.4) is 0 Å². The quantitative estimate of drug-likeness (QED) is 0.837. The van der Waals surface area contributed by atoms with Crippen LogP contribution < -0.4 is 10.1 Å². The number of methoxy groups -OCH3 is 1. The van der Waals surface area contributed by atoms with Crippen molar-refractivity contribution in [2.24, 2.45) is 0 Å². The van der Waals surface area contributed by atoms with Crippen LogP contribution in [0.2, 0.25) is 0 Å². The average Bonchev–Trinajstić information content (AvgIpc) is 2.66. The third-order valence-electron chi connectivity index (χ3n) is 4.35. The van der Waals surface area contributed by atoms with Crippen LogP contribution in [0.4, 0.5) is 0 Å². The molecular weight excluding hydrogens is 332 g/mol. The van der Waals surface area contributed by atoms with Crippen LogP contribution in [0.25, 0.3) is 0 Å². The maximum atomic E-state index is 12.8. The number of benzene rings is 1. The van der Waals surface area contributed by atoms with E-state index in [0.717, 1.165) is 11.1 Å². The molecular formula is C20H20N2O4. The zero-order valence-electron chi connectivity index (χ0n) is 14.7. The lowest BCUT2D eigenvalue weighted by molar-refractivity contribution is -0.141. The smallest absolute Gasteiger partial charge is 0.336 e. The summed E-state index contributed by atoms with van der Waals surface area (Å²) in [5, 5.41) is 2.73. The van der Waals surface area contributed by atoms with Crippen molar-refractivity contribution in [3.8, 4) is 5.75 Å². The van der Waals surface area contributed by atoms with Crippen molar-refractivity contribution in [3.05, 3.63) is 71.2 Å². The van der Waals surface area contributed by atoms with Gasteiger partial charge in [0.2, 0.25) is 5.91 Å². The van der Waals surface area contributed by atoms with E-state index >= 15 is 0 Å². The molecule has 134 valence electrons. The van der Waals surface area contributed by atoms with Gasteiger partial charge in [-0.3, -0.25) is 9.78 Å². The zero-order chi connectivity index (χ0) is 18.5. The summed E-state index contributed by atoms with van der Waals surface area (Å²) in [4.78, 5) is 28.7. The average molecular weight is 352 g/mol. The van der Waals surface area contributed by atoms with Crippen LogP contribution in [0.15, 0.2) is 60.1 Å². The number of pyridine rings is 1. The van der Waals surface area contributed by atoms with E-state index in [-0.39, 0.29) is 24.9 Å². The fourth-order valence-corrected chi connectivity index (χ4v) is 3.10. The zero-order valence-corrected chi connectivity index (χ0v) is 14.7. The van der Waals surface area contributed by atoms with E-state index in [1.54, 1.807) is 26.4 Å². The van der Waals surface area contributed by atoms with Crippen LogP contribution in [0.1, 0.15) is 30.4 Å². The minimum Gasteiger partial charge on any atom is -0.496 e. The van der Waals surface area contributed by atoms with Gasteiger partial charge in [-0.25, -0.2) is 4.79 Å². The second-order valence-electron chi connectivity index (χ2n) is 6.01. The second kappa shape index (κ2) is 7.82. The molecule has 1 atom stereocenters. The molecule has 6 nitrogen and oxygen atoms in total. The van der Waals surface area contributed by atoms with Crippen LogP contribution in [0.5, 0.6) is 5.75 Å². The molecule has 1 aromatic carbocycles. The van der Waals surface area contributed by atoms with Gasteiger partial charge < -0.3 is 14.8 Å². The molecule has 1 aliphatic rings. The van der Waals surface area contributed by atoms with Gasteiger partial charge in [0.05, 0.1) is 12.7 Å². The summed E-state index contributed by atoms with van der Waals surface area (Å²) in [5.74, 6) is -0.258. The van der Waals surface area contributed by atoms with Crippen molar-refractivity contribution in [1.29, 1.82) is 0 Å². The van der Waals surface area contributed by atoms with E-state index in [1.165, 1.54) is 0 Å². The third-order valence-corrected chi connectivity index (χ3v) is 4.35. The number of ether oxygens (including phenoxy) is 2. The summed E-state index contributed by atoms with van der Waals surface area (Å²) in [6.45, 7) is 1.81. The van der Waals surface area contributed by atoms with Crippen LogP contribution >= 0.6 is 0 Å². The summed E-state index contributed by atoms with van der Waals surface area (Å²) < 4.78 is 10.8. The minimum absolute atomic E-state index is 0.0939. The molecule has 0 saturated carbocycles. The first-order chi connectivity index (χ1) is 12.6. The number of para-hydroxylation sites is 1. The molecule has 3 rings (SSSR count). The third kappa shape index (κ3) is 3.74. The Morgan fingerprint density at radius 2 is 1.96 bits per heavy atom. The molecule has 1 aromatic heterocycles. The highest BCUT2D eigenvalue weighted by Gasteiger charge is 2.32. The van der Waals surface area contributed by atoms with Crippen molar-refractivity contribution < 1.29 is 19.1 Å². The predicted molar refractivity (Wildman–Crippen MR) is 95.2 cm³/mol. The van der Waals surface area contributed by atoms with Gasteiger partial charge in [-0.1, -0.05) is 18.2 Å². The molecule has 0 radical (unpaired) electrons. The normalized spacial score (nSPS) is 16.8. The fraction of sp³-hybridized carbons (Fsp3) is 0.250. The molecule has 0 bridgehead atoms. The fourth-order valence-electron chi connectivity index (χ4n) is 3.10. The molecule has 1 aliphatic heterocycles. The lowest BCUT2D eigenvalue weighted by atomic mass is 9.85. The Morgan fingerprint density at radius 1 is 1.23 bits per heavy atom. The van der Waals surface area contributed by atoms with Crippen molar-refractivity contribution in [3.63, 3.8) is 0 Å². The lowest BCUT2D eigenvalue weighted by Crippen LogP contribution is -2.34. The molecule has 26 heavy (non-hydrogen) atoms. The van der Waals surface area contributed by atoms with E-state index in [1.807, 2.05) is 36.4 Å². The molecule has 0 aliphatic carbocycles. The first-order valence-electron chi connectivity index (χ1n) is 8.29. The highest BCUT2D eigenvalue weighted by molar-refractivity contribution is 5.95. The van der Waals surface area contributed by atoms with Crippen LogP contribution in [-0.4, -0.2) is 24.0 Å². The molecule has 2 aromatic rings. The van der Waals surface area contributed by atoms with Gasteiger partial charge in [0.15, 0.2) is 0 Å². The number of carbonyl (C=O) groups is 2. The van der Waals surface area contributed by atoms with Gasteiger partial charge in [-0.05, 0) is 30.7 Å². The van der Waals surface area contributed by atoms with E-state index in [2.05, 4.69) is 10.3 Å². The number of aromatic nitrogens is 1. The Kier molecular flexibility index (Phi) is 5.31. The van der Waals surface area contributed by atoms with Gasteiger partial charge in [-0.2, -0.15) is 0 Å². The number of hydrogen-bond acceptors (Lipinski definition) is 5. The van der Waals surface area contributed by atoms with E-state index < -0.39 is 5.97 Å². The number of allylic oxidation sites excluding steroid dienone is 1. The van der Waals surface area contributed by atoms with Crippen molar-refractivity contribution >= 4 is 11.9 Å². The summed E-state index contributed by atoms with van der Waals surface area (Å²) in [6, 6.07) is 11.0. The van der Waals surface area contributed by atoms with E-state index in [4.69, 9.17) is 9.47 Å². The van der Waals surface area contributed by atoms with Gasteiger partial charge in [0.25, 0.3) is 0 Å². The lowest BCUT2D eigenvalue weighted by Gasteiger charge is -2.26. The maximum absolute atomic E-state index is 12.8. The molecule has 0 fully saturated rings. The predicted octanol–water partition coefficient (Wildman–Crippen LogP) is 2.71. The summed E-state index contributed by atoms with van der Waals surface area (Å²) in [5.41, 5.74) is 2.62. The Labute approximate surface area is 151 Å². The Morgan fingerprint density at radius 3 is 2.69 bits per heavy atom. The molecule has 0 saturated heterocycles. The Balaban J connectivity index is 1.83. The molecule has 1 unspecified atom stereocenters. The highest BCUT2D eigenvalue weighted by Crippen LogP contribution is 2.33.